The molecular formula is C15H15N3O. The van der Waals surface area contributed by atoms with E-state index in [1.807, 2.05) is 24.3 Å². The molecule has 1 aromatic heterocycles. The van der Waals surface area contributed by atoms with Gasteiger partial charge in [0.1, 0.15) is 5.75 Å². The van der Waals surface area contributed by atoms with Crippen LogP contribution in [0.3, 0.4) is 0 Å². The highest BCUT2D eigenvalue weighted by Gasteiger charge is 2.06. The van der Waals surface area contributed by atoms with Gasteiger partial charge in [-0.1, -0.05) is 24.3 Å². The van der Waals surface area contributed by atoms with Gasteiger partial charge in [0.05, 0.1) is 12.6 Å². The molecule has 0 aliphatic rings. The number of nitrogens with one attached hydrogen (secondary N) is 1. The number of nitrogen functional groups attached to an aromatic ring is 1. The van der Waals surface area contributed by atoms with Crippen molar-refractivity contribution in [2.24, 2.45) is 0 Å². The zero-order chi connectivity index (χ0) is 13.2. The van der Waals surface area contributed by atoms with Crippen LogP contribution in [0.25, 0.3) is 10.9 Å². The number of rotatable bonds is 3. The smallest absolute Gasteiger partial charge is 0.153 e. The van der Waals surface area contributed by atoms with Crippen LogP contribution in [0.2, 0.25) is 0 Å². The monoisotopic (exact) mass is 253 g/mol. The third-order valence-electron chi connectivity index (χ3n) is 3.24. The number of hydrogen-bond acceptors (Lipinski definition) is 3. The van der Waals surface area contributed by atoms with Gasteiger partial charge in [0, 0.05) is 11.8 Å². The van der Waals surface area contributed by atoms with E-state index < -0.39 is 0 Å². The van der Waals surface area contributed by atoms with Crippen LogP contribution < -0.4 is 10.5 Å². The van der Waals surface area contributed by atoms with Crippen molar-refractivity contribution in [2.75, 3.05) is 12.8 Å². The molecule has 4 nitrogen and oxygen atoms in total. The summed E-state index contributed by atoms with van der Waals surface area (Å²) in [5, 5.41) is 7.87. The van der Waals surface area contributed by atoms with Gasteiger partial charge in [-0.15, -0.1) is 0 Å². The molecule has 0 atom stereocenters. The molecule has 0 aliphatic carbocycles. The Kier molecular flexibility index (Phi) is 2.83. The fraction of sp³-hybridized carbons (Fsp3) is 0.133. The summed E-state index contributed by atoms with van der Waals surface area (Å²) in [5.74, 6) is 1.44. The van der Waals surface area contributed by atoms with Crippen LogP contribution in [0, 0.1) is 0 Å². The molecular weight excluding hydrogens is 238 g/mol. The van der Waals surface area contributed by atoms with E-state index in [4.69, 9.17) is 10.5 Å². The van der Waals surface area contributed by atoms with Crippen LogP contribution >= 0.6 is 0 Å². The second-order valence-electron chi connectivity index (χ2n) is 4.48. The van der Waals surface area contributed by atoms with Crippen molar-refractivity contribution in [3.8, 4) is 5.75 Å². The lowest BCUT2D eigenvalue weighted by Gasteiger charge is -2.08. The first kappa shape index (κ1) is 11.6. The number of benzene rings is 2. The Hall–Kier alpha value is -2.49. The molecule has 96 valence electrons. The Morgan fingerprint density at radius 3 is 2.89 bits per heavy atom. The van der Waals surface area contributed by atoms with E-state index >= 15 is 0 Å². The normalized spacial score (nSPS) is 10.8. The molecule has 19 heavy (non-hydrogen) atoms. The summed E-state index contributed by atoms with van der Waals surface area (Å²) >= 11 is 0. The zero-order valence-electron chi connectivity index (χ0n) is 10.7. The van der Waals surface area contributed by atoms with Gasteiger partial charge in [-0.3, -0.25) is 5.10 Å². The number of methoxy groups -OCH3 is 1. The molecule has 0 unspecified atom stereocenters. The summed E-state index contributed by atoms with van der Waals surface area (Å²) in [6.07, 6.45) is 0.810. The van der Waals surface area contributed by atoms with E-state index in [1.54, 1.807) is 7.11 Å². The lowest BCUT2D eigenvalue weighted by atomic mass is 10.0. The highest BCUT2D eigenvalue weighted by molar-refractivity contribution is 5.89. The van der Waals surface area contributed by atoms with Gasteiger partial charge in [-0.05, 0) is 29.3 Å². The molecule has 4 heteroatoms. The molecule has 0 saturated carbocycles. The van der Waals surface area contributed by atoms with Crippen molar-refractivity contribution in [2.45, 2.75) is 6.42 Å². The van der Waals surface area contributed by atoms with E-state index in [2.05, 4.69) is 28.4 Å². The fourth-order valence-electron chi connectivity index (χ4n) is 2.26. The summed E-state index contributed by atoms with van der Waals surface area (Å²) in [5.41, 5.74) is 9.13. The number of nitrogens with zero attached hydrogens (tertiary/aromatic N) is 1. The summed E-state index contributed by atoms with van der Waals surface area (Å²) in [4.78, 5) is 0. The highest BCUT2D eigenvalue weighted by Crippen LogP contribution is 2.24. The minimum Gasteiger partial charge on any atom is -0.496 e. The van der Waals surface area contributed by atoms with Crippen molar-refractivity contribution in [3.63, 3.8) is 0 Å². The lowest BCUT2D eigenvalue weighted by molar-refractivity contribution is 0.410. The molecule has 0 radical (unpaired) electrons. The Morgan fingerprint density at radius 2 is 2.05 bits per heavy atom. The first-order valence-electron chi connectivity index (χ1n) is 6.12. The summed E-state index contributed by atoms with van der Waals surface area (Å²) < 4.78 is 5.37. The van der Waals surface area contributed by atoms with E-state index in [0.29, 0.717) is 5.82 Å². The number of ether oxygens (including phenoxy) is 1. The van der Waals surface area contributed by atoms with Crippen LogP contribution in [0.5, 0.6) is 5.75 Å². The number of hydrogen-bond donors (Lipinski definition) is 2. The molecule has 0 amide bonds. The van der Waals surface area contributed by atoms with E-state index in [0.717, 1.165) is 28.6 Å². The minimum atomic E-state index is 0.539. The molecule has 3 N–H and O–H groups in total. The van der Waals surface area contributed by atoms with Crippen LogP contribution in [-0.2, 0) is 6.42 Å². The molecule has 0 saturated heterocycles. The lowest BCUT2D eigenvalue weighted by Crippen LogP contribution is -1.93. The largest absolute Gasteiger partial charge is 0.496 e. The Bertz CT molecular complexity index is 718. The van der Waals surface area contributed by atoms with Crippen molar-refractivity contribution >= 4 is 16.7 Å². The number of fused-ring (bicyclic) bond motifs is 1. The van der Waals surface area contributed by atoms with Crippen LogP contribution in [0.4, 0.5) is 5.82 Å². The number of nitrogens with two attached hydrogens (primary N) is 1. The van der Waals surface area contributed by atoms with Gasteiger partial charge in [-0.2, -0.15) is 5.10 Å². The first-order valence-corrected chi connectivity index (χ1v) is 6.12. The number of para-hydroxylation sites is 1. The Balaban J connectivity index is 1.98. The molecule has 3 rings (SSSR count). The van der Waals surface area contributed by atoms with E-state index in [-0.39, 0.29) is 0 Å². The van der Waals surface area contributed by atoms with Crippen LogP contribution in [-0.4, -0.2) is 17.3 Å². The summed E-state index contributed by atoms with van der Waals surface area (Å²) in [6.45, 7) is 0. The molecule has 0 bridgehead atoms. The number of aromatic amines is 1. The quantitative estimate of drug-likeness (QED) is 0.754. The Labute approximate surface area is 111 Å². The number of H-pyrrole nitrogens is 1. The predicted octanol–water partition coefficient (Wildman–Crippen LogP) is 2.74. The maximum absolute atomic E-state index is 5.83. The topological polar surface area (TPSA) is 63.9 Å². The van der Waals surface area contributed by atoms with Gasteiger partial charge >= 0.3 is 0 Å². The summed E-state index contributed by atoms with van der Waals surface area (Å²) in [7, 11) is 1.69. The maximum Gasteiger partial charge on any atom is 0.153 e. The van der Waals surface area contributed by atoms with Gasteiger partial charge in [0.15, 0.2) is 5.82 Å². The molecule has 0 fully saturated rings. The molecule has 1 heterocycles. The molecule has 0 spiro atoms. The van der Waals surface area contributed by atoms with E-state index in [9.17, 15) is 0 Å². The van der Waals surface area contributed by atoms with Gasteiger partial charge < -0.3 is 10.5 Å². The van der Waals surface area contributed by atoms with Gasteiger partial charge in [0.2, 0.25) is 0 Å². The molecule has 0 aliphatic heterocycles. The van der Waals surface area contributed by atoms with Gasteiger partial charge in [-0.25, -0.2) is 0 Å². The van der Waals surface area contributed by atoms with E-state index in [1.165, 1.54) is 5.56 Å². The Morgan fingerprint density at radius 1 is 1.21 bits per heavy atom. The average molecular weight is 253 g/mol. The van der Waals surface area contributed by atoms with Gasteiger partial charge in [0.25, 0.3) is 0 Å². The van der Waals surface area contributed by atoms with Crippen LogP contribution in [0.1, 0.15) is 11.1 Å². The standard InChI is InChI=1S/C15H15N3O/c1-19-14-5-3-2-4-11(14)8-10-6-7-13-12(9-10)15(16)18-17-13/h2-7,9H,8H2,1H3,(H3,16,17,18). The minimum absolute atomic E-state index is 0.539. The third-order valence-corrected chi connectivity index (χ3v) is 3.24. The van der Waals surface area contributed by atoms with Crippen molar-refractivity contribution in [3.05, 3.63) is 53.6 Å². The number of anilines is 1. The predicted molar refractivity (Wildman–Crippen MR) is 76.3 cm³/mol. The fourth-order valence-corrected chi connectivity index (χ4v) is 2.26. The first-order chi connectivity index (χ1) is 9.28. The number of aromatic nitrogens is 2. The average Bonchev–Trinajstić information content (AvgIpc) is 2.81. The zero-order valence-corrected chi connectivity index (χ0v) is 10.7. The molecule has 2 aromatic carbocycles. The third kappa shape index (κ3) is 2.12. The maximum atomic E-state index is 5.83. The summed E-state index contributed by atoms with van der Waals surface area (Å²) in [6, 6.07) is 14.2. The highest BCUT2D eigenvalue weighted by atomic mass is 16.5. The van der Waals surface area contributed by atoms with Crippen molar-refractivity contribution in [1.29, 1.82) is 0 Å². The van der Waals surface area contributed by atoms with Crippen molar-refractivity contribution in [1.82, 2.24) is 10.2 Å². The SMILES string of the molecule is COc1ccccc1Cc1ccc2[nH]nc(N)c2c1. The second-order valence-corrected chi connectivity index (χ2v) is 4.48. The second kappa shape index (κ2) is 4.65. The van der Waals surface area contributed by atoms with Crippen LogP contribution in [0.15, 0.2) is 42.5 Å². The molecule has 3 aromatic rings. The van der Waals surface area contributed by atoms with Crippen molar-refractivity contribution < 1.29 is 4.74 Å².